The highest BCUT2D eigenvalue weighted by atomic mass is 16.1. The summed E-state index contributed by atoms with van der Waals surface area (Å²) in [4.78, 5) is 10.9. The van der Waals surface area contributed by atoms with Gasteiger partial charge in [0.2, 0.25) is 0 Å². The second kappa shape index (κ2) is 3.43. The van der Waals surface area contributed by atoms with Gasteiger partial charge >= 0.3 is 0 Å². The molecular formula is C9H13NO. The van der Waals surface area contributed by atoms with Crippen LogP contribution in [0.3, 0.4) is 0 Å². The van der Waals surface area contributed by atoms with Crippen LogP contribution in [0.5, 0.6) is 0 Å². The highest BCUT2D eigenvalue weighted by molar-refractivity contribution is 5.93. The van der Waals surface area contributed by atoms with Crippen LogP contribution < -0.4 is 5.32 Å². The van der Waals surface area contributed by atoms with Crippen LogP contribution in [0.4, 0.5) is 0 Å². The summed E-state index contributed by atoms with van der Waals surface area (Å²) in [5.74, 6) is 5.67. The van der Waals surface area contributed by atoms with Crippen LogP contribution in [0.2, 0.25) is 0 Å². The number of hydrogen-bond acceptors (Lipinski definition) is 1. The third-order valence-corrected chi connectivity index (χ3v) is 1.95. The average Bonchev–Trinajstić information content (AvgIpc) is 1.85. The highest BCUT2D eigenvalue weighted by Gasteiger charge is 2.25. The van der Waals surface area contributed by atoms with E-state index < -0.39 is 0 Å². The Balaban J connectivity index is 2.20. The zero-order valence-corrected chi connectivity index (χ0v) is 6.98. The lowest BCUT2D eigenvalue weighted by Gasteiger charge is -2.32. The molecule has 0 radical (unpaired) electrons. The third-order valence-electron chi connectivity index (χ3n) is 1.95. The molecule has 2 nitrogen and oxygen atoms in total. The van der Waals surface area contributed by atoms with Gasteiger partial charge in [0.1, 0.15) is 0 Å². The molecule has 0 heterocycles. The molecule has 2 heteroatoms. The maximum absolute atomic E-state index is 10.9. The van der Waals surface area contributed by atoms with E-state index in [1.165, 1.54) is 0 Å². The molecule has 0 unspecified atom stereocenters. The number of amides is 1. The lowest BCUT2D eigenvalue weighted by atomic mass is 9.82. The maximum Gasteiger partial charge on any atom is 0.296 e. The molecule has 1 rings (SSSR count). The second-order valence-corrected chi connectivity index (χ2v) is 3.12. The van der Waals surface area contributed by atoms with Crippen molar-refractivity contribution in [2.45, 2.75) is 32.7 Å². The quantitative estimate of drug-likeness (QED) is 0.555. The Labute approximate surface area is 67.4 Å². The lowest BCUT2D eigenvalue weighted by Crippen LogP contribution is -2.42. The summed E-state index contributed by atoms with van der Waals surface area (Å²) in [6, 6.07) is 0.387. The van der Waals surface area contributed by atoms with Gasteiger partial charge in [0.05, 0.1) is 0 Å². The van der Waals surface area contributed by atoms with Crippen molar-refractivity contribution in [1.29, 1.82) is 0 Å². The molecule has 1 fully saturated rings. The molecule has 0 spiro atoms. The minimum Gasteiger partial charge on any atom is -0.343 e. The molecule has 60 valence electrons. The van der Waals surface area contributed by atoms with Crippen molar-refractivity contribution in [3.8, 4) is 11.8 Å². The summed E-state index contributed by atoms with van der Waals surface area (Å²) in [6.45, 7) is 3.86. The zero-order chi connectivity index (χ0) is 8.27. The first-order chi connectivity index (χ1) is 5.22. The van der Waals surface area contributed by atoms with Gasteiger partial charge in [-0.3, -0.25) is 4.79 Å². The van der Waals surface area contributed by atoms with Gasteiger partial charge in [-0.2, -0.15) is 0 Å². The van der Waals surface area contributed by atoms with Crippen molar-refractivity contribution in [2.24, 2.45) is 5.92 Å². The van der Waals surface area contributed by atoms with Gasteiger partial charge in [0, 0.05) is 6.04 Å². The van der Waals surface area contributed by atoms with Crippen LogP contribution in [-0.4, -0.2) is 11.9 Å². The standard InChI is InChI=1S/C9H13NO/c1-3-4-9(11)10-8-5-7(2)6-8/h7-8H,5-6H2,1-2H3,(H,10,11)/t7-,8+. The molecule has 1 aliphatic carbocycles. The molecular weight excluding hydrogens is 138 g/mol. The van der Waals surface area contributed by atoms with Crippen molar-refractivity contribution in [2.75, 3.05) is 0 Å². The van der Waals surface area contributed by atoms with E-state index in [2.05, 4.69) is 24.1 Å². The smallest absolute Gasteiger partial charge is 0.296 e. The molecule has 1 amide bonds. The molecule has 11 heavy (non-hydrogen) atoms. The molecule has 1 aliphatic rings. The topological polar surface area (TPSA) is 29.1 Å². The number of rotatable bonds is 1. The molecule has 0 aromatic carbocycles. The molecule has 0 aromatic rings. The largest absolute Gasteiger partial charge is 0.343 e. The lowest BCUT2D eigenvalue weighted by molar-refractivity contribution is -0.117. The van der Waals surface area contributed by atoms with Crippen LogP contribution in [0.25, 0.3) is 0 Å². The Morgan fingerprint density at radius 2 is 2.18 bits per heavy atom. The summed E-state index contributed by atoms with van der Waals surface area (Å²) in [5, 5.41) is 2.84. The Morgan fingerprint density at radius 3 is 2.64 bits per heavy atom. The summed E-state index contributed by atoms with van der Waals surface area (Å²) in [7, 11) is 0. The van der Waals surface area contributed by atoms with E-state index in [4.69, 9.17) is 0 Å². The summed E-state index contributed by atoms with van der Waals surface area (Å²) >= 11 is 0. The van der Waals surface area contributed by atoms with Gasteiger partial charge in [-0.1, -0.05) is 12.8 Å². The second-order valence-electron chi connectivity index (χ2n) is 3.12. The SMILES string of the molecule is CC#CC(=O)N[C@H]1C[C@@H](C)C1. The van der Waals surface area contributed by atoms with Crippen molar-refractivity contribution in [3.05, 3.63) is 0 Å². The predicted octanol–water partition coefficient (Wildman–Crippen LogP) is 0.924. The minimum absolute atomic E-state index is 0.135. The van der Waals surface area contributed by atoms with Gasteiger partial charge in [-0.05, 0) is 31.6 Å². The molecule has 0 atom stereocenters. The van der Waals surface area contributed by atoms with Gasteiger partial charge in [-0.15, -0.1) is 0 Å². The van der Waals surface area contributed by atoms with Crippen molar-refractivity contribution in [3.63, 3.8) is 0 Å². The molecule has 0 bridgehead atoms. The fraction of sp³-hybridized carbons (Fsp3) is 0.667. The average molecular weight is 151 g/mol. The van der Waals surface area contributed by atoms with E-state index in [1.54, 1.807) is 6.92 Å². The highest BCUT2D eigenvalue weighted by Crippen LogP contribution is 2.25. The van der Waals surface area contributed by atoms with Crippen molar-refractivity contribution in [1.82, 2.24) is 5.32 Å². The molecule has 1 N–H and O–H groups in total. The van der Waals surface area contributed by atoms with Gasteiger partial charge < -0.3 is 5.32 Å². The normalized spacial score (nSPS) is 27.8. The Hall–Kier alpha value is -0.970. The van der Waals surface area contributed by atoms with Crippen molar-refractivity contribution >= 4 is 5.91 Å². The third kappa shape index (κ3) is 2.27. The van der Waals surface area contributed by atoms with E-state index in [-0.39, 0.29) is 5.91 Å². The van der Waals surface area contributed by atoms with Gasteiger partial charge in [0.15, 0.2) is 0 Å². The van der Waals surface area contributed by atoms with Crippen LogP contribution in [0.15, 0.2) is 0 Å². The maximum atomic E-state index is 10.9. The van der Waals surface area contributed by atoms with E-state index in [1.807, 2.05) is 0 Å². The first-order valence-corrected chi connectivity index (χ1v) is 3.95. The molecule has 0 saturated heterocycles. The van der Waals surface area contributed by atoms with Crippen LogP contribution in [0, 0.1) is 17.8 Å². The van der Waals surface area contributed by atoms with Crippen LogP contribution >= 0.6 is 0 Å². The Kier molecular flexibility index (Phi) is 2.53. The fourth-order valence-electron chi connectivity index (χ4n) is 1.36. The summed E-state index contributed by atoms with van der Waals surface area (Å²) in [5.41, 5.74) is 0. The first-order valence-electron chi connectivity index (χ1n) is 3.95. The molecule has 0 aliphatic heterocycles. The van der Waals surface area contributed by atoms with Crippen molar-refractivity contribution < 1.29 is 4.79 Å². The van der Waals surface area contributed by atoms with Crippen LogP contribution in [0.1, 0.15) is 26.7 Å². The number of hydrogen-bond donors (Lipinski definition) is 1. The number of carbonyl (C=O) groups is 1. The zero-order valence-electron chi connectivity index (χ0n) is 6.98. The fourth-order valence-corrected chi connectivity index (χ4v) is 1.36. The summed E-state index contributed by atoms with van der Waals surface area (Å²) in [6.07, 6.45) is 2.22. The predicted molar refractivity (Wildman–Crippen MR) is 43.8 cm³/mol. The Bertz CT molecular complexity index is 205. The monoisotopic (exact) mass is 151 g/mol. The number of carbonyl (C=O) groups excluding carboxylic acids is 1. The molecule has 0 aromatic heterocycles. The van der Waals surface area contributed by atoms with E-state index in [0.29, 0.717) is 6.04 Å². The van der Waals surface area contributed by atoms with E-state index in [9.17, 15) is 4.79 Å². The van der Waals surface area contributed by atoms with Gasteiger partial charge in [0.25, 0.3) is 5.91 Å². The minimum atomic E-state index is -0.135. The van der Waals surface area contributed by atoms with E-state index >= 15 is 0 Å². The first kappa shape index (κ1) is 8.13. The Morgan fingerprint density at radius 1 is 1.55 bits per heavy atom. The number of nitrogens with one attached hydrogen (secondary N) is 1. The van der Waals surface area contributed by atoms with Crippen LogP contribution in [-0.2, 0) is 4.79 Å². The summed E-state index contributed by atoms with van der Waals surface area (Å²) < 4.78 is 0. The van der Waals surface area contributed by atoms with E-state index in [0.717, 1.165) is 18.8 Å². The van der Waals surface area contributed by atoms with Gasteiger partial charge in [-0.25, -0.2) is 0 Å². The molecule has 1 saturated carbocycles.